The third-order valence-electron chi connectivity index (χ3n) is 5.21. The normalized spacial score (nSPS) is 16.1. The second-order valence-electron chi connectivity index (χ2n) is 8.09. The maximum Gasteiger partial charge on any atom is 0.309 e. The van der Waals surface area contributed by atoms with Crippen LogP contribution in [0.4, 0.5) is 0 Å². The molecule has 1 fully saturated rings. The molecular weight excluding hydrogens is 392 g/mol. The Morgan fingerprint density at radius 2 is 1.52 bits per heavy atom. The highest BCUT2D eigenvalue weighted by atomic mass is 35.5. The lowest BCUT2D eigenvalue weighted by molar-refractivity contribution is -0.165. The van der Waals surface area contributed by atoms with Crippen LogP contribution in [-0.4, -0.2) is 58.9 Å². The molecule has 1 heterocycles. The molecule has 0 saturated carbocycles. The van der Waals surface area contributed by atoms with Crippen LogP contribution in [-0.2, 0) is 14.3 Å². The molecule has 2 amide bonds. The third-order valence-corrected chi connectivity index (χ3v) is 5.47. The molecule has 0 spiro atoms. The number of nitrogens with zero attached hydrogens (tertiary/aromatic N) is 2. The first kappa shape index (κ1) is 23.2. The number of rotatable bonds is 6. The highest BCUT2D eigenvalue weighted by Gasteiger charge is 2.32. The Morgan fingerprint density at radius 3 is 2.00 bits per heavy atom. The van der Waals surface area contributed by atoms with Crippen LogP contribution in [0.1, 0.15) is 57.8 Å². The number of carbonyl (C=O) groups is 3. The summed E-state index contributed by atoms with van der Waals surface area (Å²) in [4.78, 5) is 41.2. The van der Waals surface area contributed by atoms with E-state index in [0.29, 0.717) is 36.5 Å². The summed E-state index contributed by atoms with van der Waals surface area (Å²) >= 11 is 5.87. The van der Waals surface area contributed by atoms with Crippen molar-refractivity contribution in [1.29, 1.82) is 0 Å². The van der Waals surface area contributed by atoms with Gasteiger partial charge in [-0.3, -0.25) is 14.4 Å². The van der Waals surface area contributed by atoms with Crippen LogP contribution in [0.2, 0.25) is 5.02 Å². The Labute approximate surface area is 178 Å². The Bertz CT molecular complexity index is 717. The molecule has 7 heteroatoms. The standard InChI is InChI=1S/C22H31ClN2O4/c1-14(2)25(15(3)4)20(26)16(5)29-22(28)18-10-12-24(13-11-18)21(27)17-6-8-19(23)9-7-17/h6-9,14-16,18H,10-13H2,1-5H3/t16-/m1/s1. The van der Waals surface area contributed by atoms with E-state index < -0.39 is 6.10 Å². The van der Waals surface area contributed by atoms with E-state index in [1.165, 1.54) is 0 Å². The molecule has 0 radical (unpaired) electrons. The molecule has 160 valence electrons. The van der Waals surface area contributed by atoms with Crippen LogP contribution < -0.4 is 0 Å². The van der Waals surface area contributed by atoms with Gasteiger partial charge < -0.3 is 14.5 Å². The zero-order valence-electron chi connectivity index (χ0n) is 17.9. The van der Waals surface area contributed by atoms with Gasteiger partial charge in [0.2, 0.25) is 0 Å². The first-order chi connectivity index (χ1) is 13.6. The van der Waals surface area contributed by atoms with E-state index in [4.69, 9.17) is 16.3 Å². The summed E-state index contributed by atoms with van der Waals surface area (Å²) in [5, 5.41) is 0.583. The molecule has 1 aliphatic rings. The first-order valence-electron chi connectivity index (χ1n) is 10.2. The molecule has 0 aromatic heterocycles. The molecule has 1 aromatic rings. The summed E-state index contributed by atoms with van der Waals surface area (Å²) in [5.74, 6) is -0.914. The predicted octanol–water partition coefficient (Wildman–Crippen LogP) is 3.77. The number of amides is 2. The number of esters is 1. The minimum Gasteiger partial charge on any atom is -0.452 e. The number of piperidine rings is 1. The highest BCUT2D eigenvalue weighted by Crippen LogP contribution is 2.22. The van der Waals surface area contributed by atoms with E-state index in [2.05, 4.69) is 0 Å². The van der Waals surface area contributed by atoms with Crippen LogP contribution in [0.3, 0.4) is 0 Å². The van der Waals surface area contributed by atoms with Gasteiger partial charge in [0.05, 0.1) is 5.92 Å². The molecule has 1 aliphatic heterocycles. The predicted molar refractivity (Wildman–Crippen MR) is 113 cm³/mol. The quantitative estimate of drug-likeness (QED) is 0.654. The van der Waals surface area contributed by atoms with Gasteiger partial charge in [-0.2, -0.15) is 0 Å². The molecule has 1 saturated heterocycles. The van der Waals surface area contributed by atoms with Gasteiger partial charge in [-0.05, 0) is 71.7 Å². The Kier molecular flexibility index (Phi) is 8.08. The minimum atomic E-state index is -0.818. The van der Waals surface area contributed by atoms with Crippen molar-refractivity contribution in [3.05, 3.63) is 34.9 Å². The van der Waals surface area contributed by atoms with E-state index in [0.717, 1.165) is 0 Å². The molecule has 6 nitrogen and oxygen atoms in total. The molecule has 0 unspecified atom stereocenters. The maximum absolute atomic E-state index is 12.7. The van der Waals surface area contributed by atoms with Crippen molar-refractivity contribution in [2.45, 2.75) is 65.6 Å². The first-order valence-corrected chi connectivity index (χ1v) is 10.6. The molecule has 2 rings (SSSR count). The fourth-order valence-electron chi connectivity index (χ4n) is 3.73. The molecule has 1 atom stereocenters. The lowest BCUT2D eigenvalue weighted by Gasteiger charge is -2.34. The zero-order chi connectivity index (χ0) is 21.7. The summed E-state index contributed by atoms with van der Waals surface area (Å²) in [6.07, 6.45) is 0.231. The Morgan fingerprint density at radius 1 is 1.00 bits per heavy atom. The van der Waals surface area contributed by atoms with Crippen molar-refractivity contribution < 1.29 is 19.1 Å². The molecule has 0 bridgehead atoms. The van der Waals surface area contributed by atoms with Crippen LogP contribution in [0.5, 0.6) is 0 Å². The van der Waals surface area contributed by atoms with Crippen LogP contribution in [0, 0.1) is 5.92 Å². The van der Waals surface area contributed by atoms with Gasteiger partial charge in [-0.1, -0.05) is 11.6 Å². The van der Waals surface area contributed by atoms with E-state index in [1.54, 1.807) is 41.0 Å². The zero-order valence-corrected chi connectivity index (χ0v) is 18.6. The third kappa shape index (κ3) is 5.95. The molecule has 29 heavy (non-hydrogen) atoms. The summed E-state index contributed by atoms with van der Waals surface area (Å²) in [6.45, 7) is 10.4. The van der Waals surface area contributed by atoms with Gasteiger partial charge in [0, 0.05) is 35.8 Å². The highest BCUT2D eigenvalue weighted by molar-refractivity contribution is 6.30. The van der Waals surface area contributed by atoms with E-state index in [-0.39, 0.29) is 35.8 Å². The molecule has 1 aromatic carbocycles. The Balaban J connectivity index is 1.88. The van der Waals surface area contributed by atoms with Crippen LogP contribution in [0.25, 0.3) is 0 Å². The van der Waals surface area contributed by atoms with Crippen molar-refractivity contribution >= 4 is 29.4 Å². The maximum atomic E-state index is 12.7. The number of benzene rings is 1. The van der Waals surface area contributed by atoms with Gasteiger partial charge in [0.15, 0.2) is 6.10 Å². The minimum absolute atomic E-state index is 0.0331. The second kappa shape index (κ2) is 10.1. The summed E-state index contributed by atoms with van der Waals surface area (Å²) in [7, 11) is 0. The number of likely N-dealkylation sites (tertiary alicyclic amines) is 1. The SMILES string of the molecule is CC(C)N(C(=O)[C@@H](C)OC(=O)C1CCN(C(=O)c2ccc(Cl)cc2)CC1)C(C)C. The van der Waals surface area contributed by atoms with Crippen LogP contribution in [0.15, 0.2) is 24.3 Å². The smallest absolute Gasteiger partial charge is 0.309 e. The molecular formula is C22H31ClN2O4. The molecule has 0 N–H and O–H groups in total. The fraction of sp³-hybridized carbons (Fsp3) is 0.591. The number of halogens is 1. The van der Waals surface area contributed by atoms with Crippen molar-refractivity contribution in [2.24, 2.45) is 5.92 Å². The monoisotopic (exact) mass is 422 g/mol. The van der Waals surface area contributed by atoms with Crippen molar-refractivity contribution in [1.82, 2.24) is 9.80 Å². The van der Waals surface area contributed by atoms with E-state index >= 15 is 0 Å². The number of hydrogen-bond donors (Lipinski definition) is 0. The number of hydrogen-bond acceptors (Lipinski definition) is 4. The van der Waals surface area contributed by atoms with E-state index in [1.807, 2.05) is 27.7 Å². The molecule has 0 aliphatic carbocycles. The van der Waals surface area contributed by atoms with Gasteiger partial charge >= 0.3 is 5.97 Å². The van der Waals surface area contributed by atoms with Gasteiger partial charge in [-0.15, -0.1) is 0 Å². The largest absolute Gasteiger partial charge is 0.452 e. The Hall–Kier alpha value is -2.08. The van der Waals surface area contributed by atoms with E-state index in [9.17, 15) is 14.4 Å². The topological polar surface area (TPSA) is 66.9 Å². The number of ether oxygens (including phenoxy) is 1. The van der Waals surface area contributed by atoms with Gasteiger partial charge in [-0.25, -0.2) is 0 Å². The van der Waals surface area contributed by atoms with Crippen molar-refractivity contribution in [2.75, 3.05) is 13.1 Å². The fourth-order valence-corrected chi connectivity index (χ4v) is 3.86. The average molecular weight is 423 g/mol. The van der Waals surface area contributed by atoms with Crippen molar-refractivity contribution in [3.63, 3.8) is 0 Å². The van der Waals surface area contributed by atoms with Crippen molar-refractivity contribution in [3.8, 4) is 0 Å². The lowest BCUT2D eigenvalue weighted by Crippen LogP contribution is -2.48. The van der Waals surface area contributed by atoms with Gasteiger partial charge in [0.1, 0.15) is 0 Å². The van der Waals surface area contributed by atoms with Gasteiger partial charge in [0.25, 0.3) is 11.8 Å². The summed E-state index contributed by atoms with van der Waals surface area (Å²) in [5.41, 5.74) is 0.581. The lowest BCUT2D eigenvalue weighted by atomic mass is 9.96. The van der Waals surface area contributed by atoms with Crippen LogP contribution >= 0.6 is 11.6 Å². The number of carbonyl (C=O) groups excluding carboxylic acids is 3. The second-order valence-corrected chi connectivity index (χ2v) is 8.52. The average Bonchev–Trinajstić information content (AvgIpc) is 2.67. The summed E-state index contributed by atoms with van der Waals surface area (Å²) in [6, 6.07) is 6.85. The summed E-state index contributed by atoms with van der Waals surface area (Å²) < 4.78 is 5.48.